The first-order valence-corrected chi connectivity index (χ1v) is 10.6. The van der Waals surface area contributed by atoms with E-state index in [4.69, 9.17) is 11.6 Å². The summed E-state index contributed by atoms with van der Waals surface area (Å²) < 4.78 is 26.0. The van der Waals surface area contributed by atoms with Crippen molar-refractivity contribution in [1.29, 1.82) is 0 Å². The van der Waals surface area contributed by atoms with E-state index < -0.39 is 16.1 Å². The van der Waals surface area contributed by atoms with Crippen LogP contribution in [0.5, 0.6) is 0 Å². The Hall–Kier alpha value is -2.05. The highest BCUT2D eigenvalue weighted by atomic mass is 35.5. The zero-order valence-electron chi connectivity index (χ0n) is 15.1. The molecular weight excluding hydrogens is 372 g/mol. The number of sulfonamides is 1. The molecular formula is C19H23ClN2O3S. The fourth-order valence-corrected chi connectivity index (χ4v) is 4.23. The van der Waals surface area contributed by atoms with Crippen LogP contribution in [0.4, 0.5) is 11.4 Å². The maximum atomic E-state index is 12.9. The van der Waals surface area contributed by atoms with Gasteiger partial charge in [-0.2, -0.15) is 0 Å². The van der Waals surface area contributed by atoms with Crippen LogP contribution in [0.25, 0.3) is 0 Å². The van der Waals surface area contributed by atoms with Gasteiger partial charge in [-0.1, -0.05) is 49.7 Å². The SMILES string of the molecule is CCc1ccccc1NC(=O)[C@H](CC)N(c1cccc(Cl)c1)S(C)(=O)=O. The average Bonchev–Trinajstić information content (AvgIpc) is 2.58. The normalized spacial score (nSPS) is 12.5. The second-order valence-electron chi connectivity index (χ2n) is 5.96. The van der Waals surface area contributed by atoms with Crippen LogP contribution in [0.2, 0.25) is 5.02 Å². The van der Waals surface area contributed by atoms with E-state index in [0.29, 0.717) is 22.8 Å². The Morgan fingerprint density at radius 1 is 1.15 bits per heavy atom. The van der Waals surface area contributed by atoms with Crippen LogP contribution in [0.15, 0.2) is 48.5 Å². The van der Waals surface area contributed by atoms with Crippen molar-refractivity contribution in [2.24, 2.45) is 0 Å². The molecule has 0 bridgehead atoms. The maximum Gasteiger partial charge on any atom is 0.248 e. The summed E-state index contributed by atoms with van der Waals surface area (Å²) in [6.07, 6.45) is 2.17. The number of rotatable bonds is 7. The molecule has 0 heterocycles. The third-order valence-electron chi connectivity index (χ3n) is 4.05. The van der Waals surface area contributed by atoms with E-state index in [1.807, 2.05) is 31.2 Å². The first-order chi connectivity index (χ1) is 12.3. The quantitative estimate of drug-likeness (QED) is 0.769. The fourth-order valence-electron chi connectivity index (χ4n) is 2.84. The number of hydrogen-bond donors (Lipinski definition) is 1. The zero-order valence-corrected chi connectivity index (χ0v) is 16.6. The highest BCUT2D eigenvalue weighted by Crippen LogP contribution is 2.26. The summed E-state index contributed by atoms with van der Waals surface area (Å²) in [6.45, 7) is 3.77. The molecule has 2 aromatic rings. The van der Waals surface area contributed by atoms with Gasteiger partial charge in [0.25, 0.3) is 0 Å². The molecule has 0 unspecified atom stereocenters. The predicted octanol–water partition coefficient (Wildman–Crippen LogP) is 4.09. The second kappa shape index (κ2) is 8.56. The molecule has 140 valence electrons. The molecule has 0 fully saturated rings. The lowest BCUT2D eigenvalue weighted by atomic mass is 10.1. The predicted molar refractivity (Wildman–Crippen MR) is 107 cm³/mol. The van der Waals surface area contributed by atoms with Crippen LogP contribution in [-0.4, -0.2) is 26.6 Å². The van der Waals surface area contributed by atoms with Crippen LogP contribution >= 0.6 is 11.6 Å². The summed E-state index contributed by atoms with van der Waals surface area (Å²) in [4.78, 5) is 12.9. The smallest absolute Gasteiger partial charge is 0.248 e. The van der Waals surface area contributed by atoms with E-state index in [2.05, 4.69) is 5.32 Å². The number of carbonyl (C=O) groups excluding carboxylic acids is 1. The summed E-state index contributed by atoms with van der Waals surface area (Å²) in [5.41, 5.74) is 2.05. The van der Waals surface area contributed by atoms with Crippen molar-refractivity contribution < 1.29 is 13.2 Å². The van der Waals surface area contributed by atoms with Crippen LogP contribution < -0.4 is 9.62 Å². The molecule has 0 saturated carbocycles. The third-order valence-corrected chi connectivity index (χ3v) is 5.46. The molecule has 7 heteroatoms. The molecule has 1 N–H and O–H groups in total. The van der Waals surface area contributed by atoms with Crippen LogP contribution in [0, 0.1) is 0 Å². The number of para-hydroxylation sites is 1. The van der Waals surface area contributed by atoms with Crippen molar-refractivity contribution in [2.75, 3.05) is 15.9 Å². The Kier molecular flexibility index (Phi) is 6.67. The van der Waals surface area contributed by atoms with Gasteiger partial charge < -0.3 is 5.32 Å². The summed E-state index contributed by atoms with van der Waals surface area (Å²) >= 11 is 6.01. The molecule has 0 aliphatic heterocycles. The van der Waals surface area contributed by atoms with Gasteiger partial charge in [0.1, 0.15) is 6.04 Å². The number of anilines is 2. The molecule has 0 aliphatic rings. The van der Waals surface area contributed by atoms with Crippen molar-refractivity contribution in [1.82, 2.24) is 0 Å². The van der Waals surface area contributed by atoms with Gasteiger partial charge in [-0.25, -0.2) is 8.42 Å². The van der Waals surface area contributed by atoms with Crippen LogP contribution in [0.1, 0.15) is 25.8 Å². The highest BCUT2D eigenvalue weighted by Gasteiger charge is 2.31. The number of hydrogen-bond acceptors (Lipinski definition) is 3. The molecule has 1 amide bonds. The largest absolute Gasteiger partial charge is 0.324 e. The van der Waals surface area contributed by atoms with E-state index in [9.17, 15) is 13.2 Å². The Balaban J connectivity index is 2.40. The first kappa shape index (κ1) is 20.3. The summed E-state index contributed by atoms with van der Waals surface area (Å²) in [6, 6.07) is 13.1. The van der Waals surface area contributed by atoms with Gasteiger partial charge in [-0.3, -0.25) is 9.10 Å². The van der Waals surface area contributed by atoms with E-state index in [1.54, 1.807) is 31.2 Å². The van der Waals surface area contributed by atoms with E-state index >= 15 is 0 Å². The van der Waals surface area contributed by atoms with Crippen LogP contribution in [0.3, 0.4) is 0 Å². The molecule has 5 nitrogen and oxygen atoms in total. The molecule has 0 saturated heterocycles. The average molecular weight is 395 g/mol. The number of amides is 1. The van der Waals surface area contributed by atoms with E-state index in [0.717, 1.165) is 22.5 Å². The van der Waals surface area contributed by atoms with Crippen molar-refractivity contribution in [3.8, 4) is 0 Å². The summed E-state index contributed by atoms with van der Waals surface area (Å²) in [5.74, 6) is -0.376. The zero-order chi connectivity index (χ0) is 19.3. The minimum absolute atomic E-state index is 0.319. The van der Waals surface area contributed by atoms with Crippen molar-refractivity contribution in [3.63, 3.8) is 0 Å². The Morgan fingerprint density at radius 3 is 2.42 bits per heavy atom. The van der Waals surface area contributed by atoms with Gasteiger partial charge in [-0.15, -0.1) is 0 Å². The van der Waals surface area contributed by atoms with Crippen molar-refractivity contribution in [3.05, 3.63) is 59.1 Å². The van der Waals surface area contributed by atoms with Gasteiger partial charge >= 0.3 is 0 Å². The number of benzene rings is 2. The van der Waals surface area contributed by atoms with E-state index in [1.165, 1.54) is 0 Å². The number of nitrogens with one attached hydrogen (secondary N) is 1. The summed E-state index contributed by atoms with van der Waals surface area (Å²) in [7, 11) is -3.69. The number of aryl methyl sites for hydroxylation is 1. The standard InChI is InChI=1S/C19H23ClN2O3S/c1-4-14-9-6-7-12-17(14)21-19(23)18(5-2)22(26(3,24)25)16-11-8-10-15(20)13-16/h6-13,18H,4-5H2,1-3H3,(H,21,23)/t18-/m0/s1. The Labute approximate surface area is 160 Å². The lowest BCUT2D eigenvalue weighted by molar-refractivity contribution is -0.117. The minimum Gasteiger partial charge on any atom is -0.324 e. The Bertz CT molecular complexity index is 884. The first-order valence-electron chi connectivity index (χ1n) is 8.41. The molecule has 26 heavy (non-hydrogen) atoms. The fraction of sp³-hybridized carbons (Fsp3) is 0.316. The molecule has 0 spiro atoms. The molecule has 1 atom stereocenters. The maximum absolute atomic E-state index is 12.9. The molecule has 0 aliphatic carbocycles. The minimum atomic E-state index is -3.69. The number of nitrogens with zero attached hydrogens (tertiary/aromatic N) is 1. The van der Waals surface area contributed by atoms with Crippen molar-refractivity contribution in [2.45, 2.75) is 32.7 Å². The van der Waals surface area contributed by atoms with Gasteiger partial charge in [0, 0.05) is 10.7 Å². The molecule has 0 aromatic heterocycles. The molecule has 2 aromatic carbocycles. The monoisotopic (exact) mass is 394 g/mol. The third kappa shape index (κ3) is 4.77. The van der Waals surface area contributed by atoms with Gasteiger partial charge in [0.15, 0.2) is 0 Å². The second-order valence-corrected chi connectivity index (χ2v) is 8.26. The van der Waals surface area contributed by atoms with Crippen molar-refractivity contribution >= 4 is 38.9 Å². The molecule has 2 rings (SSSR count). The van der Waals surface area contributed by atoms with Gasteiger partial charge in [-0.05, 0) is 42.7 Å². The topological polar surface area (TPSA) is 66.5 Å². The number of carbonyl (C=O) groups is 1. The lowest BCUT2D eigenvalue weighted by Gasteiger charge is -2.30. The molecule has 0 radical (unpaired) electrons. The number of halogens is 1. The van der Waals surface area contributed by atoms with Crippen LogP contribution in [-0.2, 0) is 21.2 Å². The van der Waals surface area contributed by atoms with E-state index in [-0.39, 0.29) is 5.91 Å². The lowest BCUT2D eigenvalue weighted by Crippen LogP contribution is -2.47. The highest BCUT2D eigenvalue weighted by molar-refractivity contribution is 7.92. The van der Waals surface area contributed by atoms with Gasteiger partial charge in [0.05, 0.1) is 11.9 Å². The Morgan fingerprint density at radius 2 is 1.85 bits per heavy atom. The summed E-state index contributed by atoms with van der Waals surface area (Å²) in [5, 5.41) is 3.28. The van der Waals surface area contributed by atoms with Gasteiger partial charge in [0.2, 0.25) is 15.9 Å².